The molecule has 6 heteroatoms. The van der Waals surface area contributed by atoms with Crippen LogP contribution in [0, 0.1) is 6.92 Å². The second-order valence-corrected chi connectivity index (χ2v) is 5.11. The molecule has 0 saturated carbocycles. The van der Waals surface area contributed by atoms with Gasteiger partial charge >= 0.3 is 0 Å². The van der Waals surface area contributed by atoms with Crippen molar-refractivity contribution < 1.29 is 0 Å². The molecule has 0 saturated heterocycles. The van der Waals surface area contributed by atoms with Crippen LogP contribution in [0.5, 0.6) is 0 Å². The number of hydrogen-bond donors (Lipinski definition) is 2. The first kappa shape index (κ1) is 10.3. The topological polar surface area (TPSA) is 77.8 Å². The maximum atomic E-state index is 5.61. The van der Waals surface area contributed by atoms with Crippen molar-refractivity contribution in [3.05, 3.63) is 23.2 Å². The molecular formula is C9H10N4S2. The Morgan fingerprint density at radius 3 is 2.67 bits per heavy atom. The number of aromatic nitrogens is 2. The zero-order valence-corrected chi connectivity index (χ0v) is 9.73. The van der Waals surface area contributed by atoms with E-state index in [9.17, 15) is 0 Å². The third-order valence-corrected chi connectivity index (χ3v) is 3.71. The smallest absolute Gasteiger partial charge is 0.156 e. The van der Waals surface area contributed by atoms with Gasteiger partial charge in [0.1, 0.15) is 10.8 Å². The monoisotopic (exact) mass is 238 g/mol. The van der Waals surface area contributed by atoms with E-state index in [2.05, 4.69) is 9.97 Å². The van der Waals surface area contributed by atoms with Crippen molar-refractivity contribution in [3.8, 4) is 0 Å². The van der Waals surface area contributed by atoms with Gasteiger partial charge in [-0.2, -0.15) is 0 Å². The fraction of sp³-hybridized carbons (Fsp3) is 0.111. The summed E-state index contributed by atoms with van der Waals surface area (Å²) < 4.78 is 0.962. The third kappa shape index (κ3) is 2.40. The van der Waals surface area contributed by atoms with Gasteiger partial charge in [-0.3, -0.25) is 0 Å². The minimum atomic E-state index is 0.369. The van der Waals surface area contributed by atoms with Gasteiger partial charge in [-0.05, 0) is 30.8 Å². The Morgan fingerprint density at radius 1 is 1.27 bits per heavy atom. The molecule has 0 unspecified atom stereocenters. The highest BCUT2D eigenvalue weighted by atomic mass is 32.2. The van der Waals surface area contributed by atoms with Crippen molar-refractivity contribution >= 4 is 34.6 Å². The van der Waals surface area contributed by atoms with Crippen molar-refractivity contribution in [2.24, 2.45) is 0 Å². The number of rotatable bonds is 2. The van der Waals surface area contributed by atoms with E-state index in [0.717, 1.165) is 15.1 Å². The van der Waals surface area contributed by atoms with Gasteiger partial charge in [-0.1, -0.05) is 0 Å². The summed E-state index contributed by atoms with van der Waals surface area (Å²) in [6, 6.07) is 3.60. The minimum absolute atomic E-state index is 0.369. The number of aryl methyl sites for hydroxylation is 1. The van der Waals surface area contributed by atoms with Crippen LogP contribution in [-0.2, 0) is 0 Å². The molecule has 0 bridgehead atoms. The second-order valence-electron chi connectivity index (χ2n) is 2.98. The molecule has 0 aliphatic rings. The number of thiazole rings is 1. The van der Waals surface area contributed by atoms with E-state index in [4.69, 9.17) is 11.5 Å². The van der Waals surface area contributed by atoms with Crippen molar-refractivity contribution in [2.45, 2.75) is 16.3 Å². The average molecular weight is 238 g/mol. The van der Waals surface area contributed by atoms with Crippen LogP contribution in [0.15, 0.2) is 26.9 Å². The van der Waals surface area contributed by atoms with E-state index in [-0.39, 0.29) is 0 Å². The standard InChI is InChI=1S/C9H10N4S2/c1-5-4-14-9(12-5)15-7-3-2-6(10)8(11)13-7/h2-4H,10H2,1H3,(H2,11,13). The molecule has 78 valence electrons. The highest BCUT2D eigenvalue weighted by Crippen LogP contribution is 2.30. The van der Waals surface area contributed by atoms with E-state index in [1.807, 2.05) is 18.4 Å². The summed E-state index contributed by atoms with van der Waals surface area (Å²) in [4.78, 5) is 8.49. The molecule has 2 aromatic heterocycles. The molecule has 4 N–H and O–H groups in total. The summed E-state index contributed by atoms with van der Waals surface area (Å²) in [6.45, 7) is 1.96. The van der Waals surface area contributed by atoms with Crippen molar-refractivity contribution in [2.75, 3.05) is 11.5 Å². The summed E-state index contributed by atoms with van der Waals surface area (Å²) in [5.41, 5.74) is 12.7. The van der Waals surface area contributed by atoms with Gasteiger partial charge in [0.15, 0.2) is 4.34 Å². The molecule has 0 spiro atoms. The molecule has 4 nitrogen and oxygen atoms in total. The Kier molecular flexibility index (Phi) is 2.79. The molecule has 0 atom stereocenters. The second kappa shape index (κ2) is 4.08. The Hall–Kier alpha value is -1.27. The maximum Gasteiger partial charge on any atom is 0.156 e. The van der Waals surface area contributed by atoms with Crippen LogP contribution in [0.4, 0.5) is 11.5 Å². The molecule has 2 heterocycles. The first-order chi connectivity index (χ1) is 7.15. The van der Waals surface area contributed by atoms with Gasteiger partial charge in [0.25, 0.3) is 0 Å². The SMILES string of the molecule is Cc1csc(Sc2ccc(N)c(N)n2)n1. The van der Waals surface area contributed by atoms with E-state index in [0.29, 0.717) is 11.5 Å². The molecule has 0 aliphatic heterocycles. The molecule has 2 aromatic rings. The van der Waals surface area contributed by atoms with E-state index < -0.39 is 0 Å². The maximum absolute atomic E-state index is 5.61. The predicted octanol–water partition coefficient (Wildman–Crippen LogP) is 2.16. The van der Waals surface area contributed by atoms with Crippen LogP contribution in [0.2, 0.25) is 0 Å². The Bertz CT molecular complexity index is 481. The lowest BCUT2D eigenvalue weighted by Crippen LogP contribution is -1.97. The quantitative estimate of drug-likeness (QED) is 0.838. The lowest BCUT2D eigenvalue weighted by Gasteiger charge is -2.01. The van der Waals surface area contributed by atoms with E-state index in [1.54, 1.807) is 17.4 Å². The molecule has 15 heavy (non-hydrogen) atoms. The first-order valence-corrected chi connectivity index (χ1v) is 5.97. The van der Waals surface area contributed by atoms with Crippen LogP contribution in [0.3, 0.4) is 0 Å². The predicted molar refractivity (Wildman–Crippen MR) is 64.0 cm³/mol. The zero-order chi connectivity index (χ0) is 10.8. The van der Waals surface area contributed by atoms with Crippen LogP contribution in [-0.4, -0.2) is 9.97 Å². The molecule has 0 amide bonds. The number of nitrogen functional groups attached to an aromatic ring is 2. The number of nitrogens with zero attached hydrogens (tertiary/aromatic N) is 2. The van der Waals surface area contributed by atoms with Gasteiger partial charge < -0.3 is 11.5 Å². The van der Waals surface area contributed by atoms with Gasteiger partial charge in [0, 0.05) is 11.1 Å². The largest absolute Gasteiger partial charge is 0.396 e. The molecule has 2 rings (SSSR count). The molecular weight excluding hydrogens is 228 g/mol. The van der Waals surface area contributed by atoms with Gasteiger partial charge in [0.05, 0.1) is 5.69 Å². The Morgan fingerprint density at radius 2 is 2.07 bits per heavy atom. The lowest BCUT2D eigenvalue weighted by atomic mass is 10.4. The van der Waals surface area contributed by atoms with Crippen molar-refractivity contribution in [1.82, 2.24) is 9.97 Å². The van der Waals surface area contributed by atoms with Gasteiger partial charge in [-0.15, -0.1) is 11.3 Å². The Labute approximate surface area is 95.7 Å². The number of nitrogens with two attached hydrogens (primary N) is 2. The molecule has 0 aromatic carbocycles. The summed E-state index contributed by atoms with van der Waals surface area (Å²) >= 11 is 3.09. The van der Waals surface area contributed by atoms with Gasteiger partial charge in [-0.25, -0.2) is 9.97 Å². The van der Waals surface area contributed by atoms with Crippen LogP contribution >= 0.6 is 23.1 Å². The summed E-state index contributed by atoms with van der Waals surface area (Å²) in [5.74, 6) is 0.369. The molecule has 0 radical (unpaired) electrons. The summed E-state index contributed by atoms with van der Waals surface area (Å²) in [6.07, 6.45) is 0. The van der Waals surface area contributed by atoms with E-state index >= 15 is 0 Å². The van der Waals surface area contributed by atoms with Crippen LogP contribution in [0.1, 0.15) is 5.69 Å². The molecule has 0 fully saturated rings. The fourth-order valence-electron chi connectivity index (χ4n) is 0.993. The first-order valence-electron chi connectivity index (χ1n) is 4.27. The van der Waals surface area contributed by atoms with Gasteiger partial charge in [0.2, 0.25) is 0 Å². The number of anilines is 2. The van der Waals surface area contributed by atoms with E-state index in [1.165, 1.54) is 11.8 Å². The lowest BCUT2D eigenvalue weighted by molar-refractivity contribution is 1.12. The summed E-state index contributed by atoms with van der Waals surface area (Å²) in [7, 11) is 0. The highest BCUT2D eigenvalue weighted by Gasteiger charge is 2.04. The highest BCUT2D eigenvalue weighted by molar-refractivity contribution is 8.01. The summed E-state index contributed by atoms with van der Waals surface area (Å²) in [5, 5.41) is 2.82. The average Bonchev–Trinajstić information content (AvgIpc) is 2.58. The normalized spacial score (nSPS) is 10.5. The number of hydrogen-bond acceptors (Lipinski definition) is 6. The van der Waals surface area contributed by atoms with Crippen LogP contribution in [0.25, 0.3) is 0 Å². The van der Waals surface area contributed by atoms with Crippen LogP contribution < -0.4 is 11.5 Å². The number of pyridine rings is 1. The van der Waals surface area contributed by atoms with Crippen molar-refractivity contribution in [1.29, 1.82) is 0 Å². The fourth-order valence-corrected chi connectivity index (χ4v) is 2.75. The third-order valence-electron chi connectivity index (χ3n) is 1.72. The minimum Gasteiger partial charge on any atom is -0.396 e. The molecule has 0 aliphatic carbocycles. The van der Waals surface area contributed by atoms with Crippen molar-refractivity contribution in [3.63, 3.8) is 0 Å². The zero-order valence-electron chi connectivity index (χ0n) is 8.10. The Balaban J connectivity index is 2.21.